The second kappa shape index (κ2) is 12.0. The highest BCUT2D eigenvalue weighted by molar-refractivity contribution is 14.0. The van der Waals surface area contributed by atoms with E-state index in [9.17, 15) is 4.79 Å². The lowest BCUT2D eigenvalue weighted by Crippen LogP contribution is -2.46. The van der Waals surface area contributed by atoms with Crippen molar-refractivity contribution in [1.29, 1.82) is 0 Å². The minimum atomic E-state index is -0.0712. The average Bonchev–Trinajstić information content (AvgIpc) is 2.65. The van der Waals surface area contributed by atoms with Gasteiger partial charge in [0, 0.05) is 25.2 Å². The molecule has 0 amide bonds. The Morgan fingerprint density at radius 2 is 1.96 bits per heavy atom. The molecule has 7 heteroatoms. The van der Waals surface area contributed by atoms with Crippen LogP contribution in [0.1, 0.15) is 32.3 Å². The van der Waals surface area contributed by atoms with Crippen LogP contribution >= 0.6 is 24.0 Å². The van der Waals surface area contributed by atoms with Crippen molar-refractivity contribution in [2.75, 3.05) is 33.4 Å². The van der Waals surface area contributed by atoms with E-state index in [0.29, 0.717) is 13.2 Å². The molecule has 0 unspecified atom stereocenters. The molecule has 1 N–H and O–H groups in total. The molecule has 1 aliphatic heterocycles. The van der Waals surface area contributed by atoms with Gasteiger partial charge in [0.15, 0.2) is 5.96 Å². The molecule has 1 aromatic rings. The molecular weight excluding hydrogens is 445 g/mol. The summed E-state index contributed by atoms with van der Waals surface area (Å²) in [5.74, 6) is 1.67. The molecule has 0 aromatic heterocycles. The van der Waals surface area contributed by atoms with Gasteiger partial charge in [-0.05, 0) is 32.8 Å². The number of likely N-dealkylation sites (tertiary alicyclic amines) is 1. The van der Waals surface area contributed by atoms with Crippen LogP contribution in [0.25, 0.3) is 0 Å². The third kappa shape index (κ3) is 6.34. The first-order valence-electron chi connectivity index (χ1n) is 9.01. The Morgan fingerprint density at radius 3 is 2.58 bits per heavy atom. The highest BCUT2D eigenvalue weighted by Gasteiger charge is 2.27. The molecule has 0 saturated carbocycles. The van der Waals surface area contributed by atoms with Gasteiger partial charge in [0.1, 0.15) is 5.75 Å². The van der Waals surface area contributed by atoms with Crippen molar-refractivity contribution >= 4 is 35.9 Å². The predicted octanol–water partition coefficient (Wildman–Crippen LogP) is 3.05. The number of para-hydroxylation sites is 1. The van der Waals surface area contributed by atoms with Crippen molar-refractivity contribution in [2.24, 2.45) is 10.9 Å². The number of carbonyl (C=O) groups excluding carboxylic acids is 1. The van der Waals surface area contributed by atoms with Gasteiger partial charge >= 0.3 is 5.97 Å². The monoisotopic (exact) mass is 475 g/mol. The summed E-state index contributed by atoms with van der Waals surface area (Å²) >= 11 is 0. The molecule has 1 fully saturated rings. The molecule has 1 aromatic carbocycles. The Labute approximate surface area is 173 Å². The zero-order chi connectivity index (χ0) is 18.1. The number of nitrogens with zero attached hydrogens (tertiary/aromatic N) is 2. The van der Waals surface area contributed by atoms with Gasteiger partial charge in [0.2, 0.25) is 0 Å². The number of rotatable bonds is 6. The Balaban J connectivity index is 0.00000338. The van der Waals surface area contributed by atoms with E-state index in [2.05, 4.69) is 17.1 Å². The molecule has 1 heterocycles. The summed E-state index contributed by atoms with van der Waals surface area (Å²) in [7, 11) is 1.67. The zero-order valence-corrected chi connectivity index (χ0v) is 18.2. The topological polar surface area (TPSA) is 63.2 Å². The van der Waals surface area contributed by atoms with E-state index in [4.69, 9.17) is 14.5 Å². The first-order valence-corrected chi connectivity index (χ1v) is 9.01. The molecule has 0 bridgehead atoms. The summed E-state index contributed by atoms with van der Waals surface area (Å²) in [6.07, 6.45) is 1.61. The predicted molar refractivity (Wildman–Crippen MR) is 114 cm³/mol. The van der Waals surface area contributed by atoms with Crippen molar-refractivity contribution in [3.05, 3.63) is 29.8 Å². The molecule has 146 valence electrons. The highest BCUT2D eigenvalue weighted by atomic mass is 127. The van der Waals surface area contributed by atoms with E-state index in [-0.39, 0.29) is 35.9 Å². The van der Waals surface area contributed by atoms with Gasteiger partial charge < -0.3 is 19.7 Å². The lowest BCUT2D eigenvalue weighted by atomic mass is 9.97. The van der Waals surface area contributed by atoms with Crippen LogP contribution < -0.4 is 10.1 Å². The summed E-state index contributed by atoms with van der Waals surface area (Å²) in [5, 5.41) is 3.35. The Bertz CT molecular complexity index is 587. The highest BCUT2D eigenvalue weighted by Crippen LogP contribution is 2.20. The molecule has 1 aliphatic rings. The molecule has 0 atom stereocenters. The lowest BCUT2D eigenvalue weighted by Gasteiger charge is -2.33. The zero-order valence-electron chi connectivity index (χ0n) is 15.9. The summed E-state index contributed by atoms with van der Waals surface area (Å²) in [5.41, 5.74) is 1.06. The maximum Gasteiger partial charge on any atom is 0.309 e. The lowest BCUT2D eigenvalue weighted by molar-refractivity contribution is -0.149. The van der Waals surface area contributed by atoms with Crippen LogP contribution in [0.4, 0.5) is 0 Å². The maximum absolute atomic E-state index is 11.9. The fourth-order valence-electron chi connectivity index (χ4n) is 3.01. The number of halogens is 1. The molecule has 0 radical (unpaired) electrons. The van der Waals surface area contributed by atoms with Gasteiger partial charge in [-0.3, -0.25) is 4.79 Å². The number of aliphatic imine (C=N–C) groups is 1. The van der Waals surface area contributed by atoms with Crippen LogP contribution in [-0.2, 0) is 16.1 Å². The summed E-state index contributed by atoms with van der Waals surface area (Å²) in [4.78, 5) is 18.9. The molecule has 6 nitrogen and oxygen atoms in total. The van der Waals surface area contributed by atoms with E-state index in [1.807, 2.05) is 31.2 Å². The van der Waals surface area contributed by atoms with Crippen molar-refractivity contribution in [3.63, 3.8) is 0 Å². The first kappa shape index (κ1) is 22.5. The quantitative estimate of drug-likeness (QED) is 0.297. The van der Waals surface area contributed by atoms with E-state index >= 15 is 0 Å². The number of benzene rings is 1. The number of nitrogens with one attached hydrogen (secondary N) is 1. The van der Waals surface area contributed by atoms with Gasteiger partial charge in [-0.25, -0.2) is 4.99 Å². The molecule has 26 heavy (non-hydrogen) atoms. The van der Waals surface area contributed by atoms with Crippen LogP contribution in [0.5, 0.6) is 5.75 Å². The minimum absolute atomic E-state index is 0. The molecule has 1 saturated heterocycles. The fraction of sp³-hybridized carbons (Fsp3) is 0.579. The molecule has 2 rings (SSSR count). The second-order valence-electron chi connectivity index (χ2n) is 6.00. The average molecular weight is 475 g/mol. The van der Waals surface area contributed by atoms with Crippen molar-refractivity contribution < 1.29 is 14.3 Å². The van der Waals surface area contributed by atoms with Crippen LogP contribution in [0.3, 0.4) is 0 Å². The molecule has 0 aliphatic carbocycles. The summed E-state index contributed by atoms with van der Waals surface area (Å²) < 4.78 is 10.5. The van der Waals surface area contributed by atoms with Crippen LogP contribution in [0.15, 0.2) is 29.3 Å². The standard InChI is InChI=1S/C19H29N3O3.HI/c1-4-20-19(21-14-16-8-6-7-9-17(16)24-3)22-12-10-15(11-13-22)18(23)25-5-2;/h6-9,15H,4-5,10-14H2,1-3H3,(H,20,21);1H. The third-order valence-electron chi connectivity index (χ3n) is 4.34. The van der Waals surface area contributed by atoms with Gasteiger partial charge in [0.05, 0.1) is 26.2 Å². The van der Waals surface area contributed by atoms with Crippen LogP contribution in [-0.4, -0.2) is 50.2 Å². The fourth-order valence-corrected chi connectivity index (χ4v) is 3.01. The van der Waals surface area contributed by atoms with Gasteiger partial charge in [-0.1, -0.05) is 18.2 Å². The summed E-state index contributed by atoms with van der Waals surface area (Å²) in [6.45, 7) is 7.34. The van der Waals surface area contributed by atoms with Gasteiger partial charge in [-0.2, -0.15) is 0 Å². The van der Waals surface area contributed by atoms with Crippen molar-refractivity contribution in [1.82, 2.24) is 10.2 Å². The van der Waals surface area contributed by atoms with Gasteiger partial charge in [-0.15, -0.1) is 24.0 Å². The minimum Gasteiger partial charge on any atom is -0.496 e. The SMILES string of the molecule is CCNC(=NCc1ccccc1OC)N1CCC(C(=O)OCC)CC1.I. The smallest absolute Gasteiger partial charge is 0.309 e. The second-order valence-corrected chi connectivity index (χ2v) is 6.00. The van der Waals surface area contributed by atoms with Crippen LogP contribution in [0.2, 0.25) is 0 Å². The number of guanidine groups is 1. The van der Waals surface area contributed by atoms with E-state index < -0.39 is 0 Å². The molecular formula is C19H30IN3O3. The Morgan fingerprint density at radius 1 is 1.27 bits per heavy atom. The number of carbonyl (C=O) groups is 1. The Hall–Kier alpha value is -1.51. The number of hydrogen-bond acceptors (Lipinski definition) is 4. The van der Waals surface area contributed by atoms with Gasteiger partial charge in [0.25, 0.3) is 0 Å². The first-order chi connectivity index (χ1) is 12.2. The van der Waals surface area contributed by atoms with E-state index in [1.54, 1.807) is 7.11 Å². The largest absolute Gasteiger partial charge is 0.496 e. The number of ether oxygens (including phenoxy) is 2. The van der Waals surface area contributed by atoms with Crippen molar-refractivity contribution in [3.8, 4) is 5.75 Å². The number of esters is 1. The van der Waals surface area contributed by atoms with Crippen LogP contribution in [0, 0.1) is 5.92 Å². The number of hydrogen-bond donors (Lipinski definition) is 1. The van der Waals surface area contributed by atoms with E-state index in [0.717, 1.165) is 49.7 Å². The van der Waals surface area contributed by atoms with E-state index in [1.165, 1.54) is 0 Å². The normalized spacial score (nSPS) is 15.2. The summed E-state index contributed by atoms with van der Waals surface area (Å²) in [6, 6.07) is 7.92. The Kier molecular flexibility index (Phi) is 10.4. The number of methoxy groups -OCH3 is 1. The van der Waals surface area contributed by atoms with Crippen molar-refractivity contribution in [2.45, 2.75) is 33.2 Å². The maximum atomic E-state index is 11.9. The number of piperidine rings is 1. The third-order valence-corrected chi connectivity index (χ3v) is 4.34. The molecule has 0 spiro atoms.